The molecule has 2 aromatic rings. The number of aryl methyl sites for hydroxylation is 1. The van der Waals surface area contributed by atoms with Crippen molar-refractivity contribution >= 4 is 22.7 Å². The van der Waals surface area contributed by atoms with Crippen LogP contribution in [0.25, 0.3) is 0 Å². The smallest absolute Gasteiger partial charge is 0.107 e. The Kier molecular flexibility index (Phi) is 6.56. The first kappa shape index (κ1) is 17.6. The summed E-state index contributed by atoms with van der Waals surface area (Å²) in [6, 6.07) is 4.47. The summed E-state index contributed by atoms with van der Waals surface area (Å²) < 4.78 is 0. The second-order valence-corrected chi connectivity index (χ2v) is 8.66. The summed E-state index contributed by atoms with van der Waals surface area (Å²) >= 11 is 3.69. The van der Waals surface area contributed by atoms with Crippen LogP contribution in [0.15, 0.2) is 17.5 Å². The molecule has 0 spiro atoms. The summed E-state index contributed by atoms with van der Waals surface area (Å²) in [4.78, 5) is 12.4. The highest BCUT2D eigenvalue weighted by atomic mass is 32.1. The Hall–Kier alpha value is -0.750. The lowest BCUT2D eigenvalue weighted by Crippen LogP contribution is -2.30. The fourth-order valence-electron chi connectivity index (χ4n) is 2.20. The molecule has 2 aromatic heterocycles. The summed E-state index contributed by atoms with van der Waals surface area (Å²) in [6.07, 6.45) is 0. The van der Waals surface area contributed by atoms with Crippen molar-refractivity contribution in [3.8, 4) is 0 Å². The van der Waals surface area contributed by atoms with Gasteiger partial charge in [-0.3, -0.25) is 4.90 Å². The van der Waals surface area contributed by atoms with E-state index in [2.05, 4.69) is 62.2 Å². The lowest BCUT2D eigenvalue weighted by atomic mass is 10.2. The van der Waals surface area contributed by atoms with Gasteiger partial charge in [-0.2, -0.15) is 0 Å². The van der Waals surface area contributed by atoms with E-state index in [1.54, 1.807) is 11.3 Å². The molecule has 0 bridgehead atoms. The van der Waals surface area contributed by atoms with E-state index in [0.717, 1.165) is 26.2 Å². The van der Waals surface area contributed by atoms with Crippen LogP contribution >= 0.6 is 22.7 Å². The fraction of sp³-hybridized carbons (Fsp3) is 0.588. The predicted octanol–water partition coefficient (Wildman–Crippen LogP) is 4.20. The van der Waals surface area contributed by atoms with Gasteiger partial charge in [0.25, 0.3) is 0 Å². The number of nitrogens with zero attached hydrogens (tertiary/aromatic N) is 3. The van der Waals surface area contributed by atoms with Gasteiger partial charge in [0.1, 0.15) is 5.01 Å². The third kappa shape index (κ3) is 5.47. The van der Waals surface area contributed by atoms with Gasteiger partial charge in [0.15, 0.2) is 0 Å². The maximum atomic E-state index is 4.79. The van der Waals surface area contributed by atoms with Crippen molar-refractivity contribution in [2.75, 3.05) is 27.2 Å². The molecule has 0 aromatic carbocycles. The average Bonchev–Trinajstić information content (AvgIpc) is 3.05. The zero-order valence-electron chi connectivity index (χ0n) is 14.3. The van der Waals surface area contributed by atoms with Gasteiger partial charge in [0.05, 0.1) is 12.2 Å². The van der Waals surface area contributed by atoms with Crippen LogP contribution in [0.4, 0.5) is 0 Å². The molecule has 0 fully saturated rings. The molecule has 2 heterocycles. The van der Waals surface area contributed by atoms with Crippen LogP contribution in [0.2, 0.25) is 0 Å². The number of likely N-dealkylation sites (N-methyl/N-ethyl adjacent to an activating group) is 1. The molecule has 0 aliphatic carbocycles. The molecule has 22 heavy (non-hydrogen) atoms. The molecule has 0 saturated carbocycles. The van der Waals surface area contributed by atoms with E-state index in [1.165, 1.54) is 20.5 Å². The molecule has 0 aliphatic rings. The minimum absolute atomic E-state index is 0.514. The van der Waals surface area contributed by atoms with Crippen LogP contribution in [0.5, 0.6) is 0 Å². The van der Waals surface area contributed by atoms with E-state index in [4.69, 9.17) is 4.98 Å². The van der Waals surface area contributed by atoms with Crippen molar-refractivity contribution in [3.63, 3.8) is 0 Å². The topological polar surface area (TPSA) is 19.4 Å². The molecule has 0 N–H and O–H groups in total. The number of thiophene rings is 1. The molecule has 0 saturated heterocycles. The normalized spacial score (nSPS) is 12.0. The molecule has 0 amide bonds. The monoisotopic (exact) mass is 337 g/mol. The predicted molar refractivity (Wildman–Crippen MR) is 97.9 cm³/mol. The zero-order valence-corrected chi connectivity index (χ0v) is 15.9. The third-order valence-corrected chi connectivity index (χ3v) is 5.40. The van der Waals surface area contributed by atoms with Gasteiger partial charge in [-0.05, 0) is 39.1 Å². The SMILES string of the molecule is Cc1ccc(CN(CCN(C)C)Cc2nc(C(C)C)cs2)s1. The van der Waals surface area contributed by atoms with Crippen molar-refractivity contribution in [2.45, 2.75) is 39.8 Å². The van der Waals surface area contributed by atoms with Crippen LogP contribution in [0.3, 0.4) is 0 Å². The van der Waals surface area contributed by atoms with Gasteiger partial charge in [0.2, 0.25) is 0 Å². The summed E-state index contributed by atoms with van der Waals surface area (Å²) in [7, 11) is 4.27. The molecule has 2 rings (SSSR count). The Labute approximate surface area is 142 Å². The van der Waals surface area contributed by atoms with E-state index in [1.807, 2.05) is 11.3 Å². The molecule has 0 radical (unpaired) electrons. The summed E-state index contributed by atoms with van der Waals surface area (Å²) in [5, 5.41) is 3.44. The standard InChI is InChI=1S/C17H27N3S2/c1-13(2)16-12-21-17(18-16)11-20(9-8-19(4)5)10-15-7-6-14(3)22-15/h6-7,12-13H,8-11H2,1-5H3. The van der Waals surface area contributed by atoms with Crippen molar-refractivity contribution in [2.24, 2.45) is 0 Å². The molecule has 122 valence electrons. The first-order valence-corrected chi connectivity index (χ1v) is 9.50. The van der Waals surface area contributed by atoms with Gasteiger partial charge < -0.3 is 4.90 Å². The molecular formula is C17H27N3S2. The minimum atomic E-state index is 0.514. The number of thiazole rings is 1. The second-order valence-electron chi connectivity index (χ2n) is 6.35. The Morgan fingerprint density at radius 3 is 2.45 bits per heavy atom. The third-order valence-electron chi connectivity index (χ3n) is 3.56. The maximum Gasteiger partial charge on any atom is 0.107 e. The average molecular weight is 338 g/mol. The largest absolute Gasteiger partial charge is 0.308 e. The van der Waals surface area contributed by atoms with Crippen molar-refractivity contribution in [1.29, 1.82) is 0 Å². The quantitative estimate of drug-likeness (QED) is 0.719. The number of hydrogen-bond acceptors (Lipinski definition) is 5. The van der Waals surface area contributed by atoms with Crippen molar-refractivity contribution < 1.29 is 0 Å². The zero-order chi connectivity index (χ0) is 16.1. The van der Waals surface area contributed by atoms with Crippen molar-refractivity contribution in [1.82, 2.24) is 14.8 Å². The molecule has 0 atom stereocenters. The molecule has 3 nitrogen and oxygen atoms in total. The lowest BCUT2D eigenvalue weighted by Gasteiger charge is -2.22. The molecule has 5 heteroatoms. The van der Waals surface area contributed by atoms with Crippen LogP contribution in [0.1, 0.15) is 40.2 Å². The lowest BCUT2D eigenvalue weighted by molar-refractivity contribution is 0.227. The Balaban J connectivity index is 2.02. The Bertz CT molecular complexity index is 572. The van der Waals surface area contributed by atoms with Gasteiger partial charge in [0, 0.05) is 34.8 Å². The number of rotatable bonds is 8. The van der Waals surface area contributed by atoms with E-state index in [-0.39, 0.29) is 0 Å². The van der Waals surface area contributed by atoms with E-state index >= 15 is 0 Å². The van der Waals surface area contributed by atoms with Gasteiger partial charge in [-0.25, -0.2) is 4.98 Å². The van der Waals surface area contributed by atoms with Crippen LogP contribution in [0, 0.1) is 6.92 Å². The van der Waals surface area contributed by atoms with E-state index in [0.29, 0.717) is 5.92 Å². The first-order chi connectivity index (χ1) is 10.4. The maximum absolute atomic E-state index is 4.79. The van der Waals surface area contributed by atoms with Crippen LogP contribution in [-0.4, -0.2) is 42.0 Å². The van der Waals surface area contributed by atoms with E-state index < -0.39 is 0 Å². The van der Waals surface area contributed by atoms with Crippen molar-refractivity contribution in [3.05, 3.63) is 38.0 Å². The van der Waals surface area contributed by atoms with Crippen LogP contribution in [-0.2, 0) is 13.1 Å². The highest BCUT2D eigenvalue weighted by Gasteiger charge is 2.12. The van der Waals surface area contributed by atoms with E-state index in [9.17, 15) is 0 Å². The summed E-state index contributed by atoms with van der Waals surface area (Å²) in [5.41, 5.74) is 1.22. The number of aromatic nitrogens is 1. The van der Waals surface area contributed by atoms with Gasteiger partial charge >= 0.3 is 0 Å². The Morgan fingerprint density at radius 1 is 1.14 bits per heavy atom. The molecule has 0 aliphatic heterocycles. The fourth-order valence-corrected chi connectivity index (χ4v) is 4.13. The minimum Gasteiger partial charge on any atom is -0.308 e. The Morgan fingerprint density at radius 2 is 1.91 bits per heavy atom. The molecule has 0 unspecified atom stereocenters. The van der Waals surface area contributed by atoms with Crippen LogP contribution < -0.4 is 0 Å². The summed E-state index contributed by atoms with van der Waals surface area (Å²) in [6.45, 7) is 10.7. The number of hydrogen-bond donors (Lipinski definition) is 0. The van der Waals surface area contributed by atoms with Gasteiger partial charge in [-0.15, -0.1) is 22.7 Å². The van der Waals surface area contributed by atoms with Gasteiger partial charge in [-0.1, -0.05) is 13.8 Å². The molecular weight excluding hydrogens is 310 g/mol. The highest BCUT2D eigenvalue weighted by Crippen LogP contribution is 2.21. The summed E-state index contributed by atoms with van der Waals surface area (Å²) in [5.74, 6) is 0.514. The second kappa shape index (κ2) is 8.20. The first-order valence-electron chi connectivity index (χ1n) is 7.80. The highest BCUT2D eigenvalue weighted by molar-refractivity contribution is 7.11.